The van der Waals surface area contributed by atoms with Gasteiger partial charge in [-0.2, -0.15) is 13.2 Å². The molecule has 0 bridgehead atoms. The third-order valence-corrected chi connectivity index (χ3v) is 4.69. The number of ether oxygens (including phenoxy) is 2. The van der Waals surface area contributed by atoms with E-state index in [-0.39, 0.29) is 29.6 Å². The summed E-state index contributed by atoms with van der Waals surface area (Å²) in [6, 6.07) is 12.0. The Balaban J connectivity index is 1.73. The van der Waals surface area contributed by atoms with Crippen molar-refractivity contribution in [3.8, 4) is 17.2 Å². The molecular weight excluding hydrogens is 479 g/mol. The molecule has 0 radical (unpaired) electrons. The van der Waals surface area contributed by atoms with Crippen molar-refractivity contribution in [1.82, 2.24) is 15.6 Å². The SMILES string of the molecule is CNCCOc1cccc(NC(=O)Nc2cccc(Oc3ccnc(C(=O)NC)c3)c2)c1C(F)(F)F. The highest BCUT2D eigenvalue weighted by atomic mass is 19.4. The maximum atomic E-state index is 13.7. The van der Waals surface area contributed by atoms with Gasteiger partial charge in [0.05, 0.1) is 5.69 Å². The number of rotatable bonds is 9. The van der Waals surface area contributed by atoms with Gasteiger partial charge in [0, 0.05) is 37.6 Å². The quantitative estimate of drug-likeness (QED) is 0.320. The topological polar surface area (TPSA) is 114 Å². The number of alkyl halides is 3. The molecule has 0 fully saturated rings. The maximum Gasteiger partial charge on any atom is 0.421 e. The molecule has 4 N–H and O–H groups in total. The molecule has 36 heavy (non-hydrogen) atoms. The molecular formula is C24H24F3N5O4. The second kappa shape index (κ2) is 11.9. The van der Waals surface area contributed by atoms with Crippen molar-refractivity contribution in [2.24, 2.45) is 0 Å². The van der Waals surface area contributed by atoms with Crippen LogP contribution in [0.5, 0.6) is 17.2 Å². The molecule has 190 valence electrons. The van der Waals surface area contributed by atoms with Crippen molar-refractivity contribution in [2.45, 2.75) is 6.18 Å². The lowest BCUT2D eigenvalue weighted by Crippen LogP contribution is -2.23. The average molecular weight is 503 g/mol. The van der Waals surface area contributed by atoms with Crippen molar-refractivity contribution >= 4 is 23.3 Å². The molecule has 0 aliphatic rings. The number of halogens is 3. The number of nitrogens with one attached hydrogen (secondary N) is 4. The van der Waals surface area contributed by atoms with E-state index in [0.29, 0.717) is 18.0 Å². The fourth-order valence-corrected chi connectivity index (χ4v) is 3.10. The number of benzene rings is 2. The van der Waals surface area contributed by atoms with Gasteiger partial charge in [0.15, 0.2) is 0 Å². The van der Waals surface area contributed by atoms with Crippen LogP contribution in [-0.2, 0) is 6.18 Å². The van der Waals surface area contributed by atoms with E-state index in [2.05, 4.69) is 26.3 Å². The van der Waals surface area contributed by atoms with Crippen LogP contribution in [0.15, 0.2) is 60.8 Å². The molecule has 0 spiro atoms. The number of urea groups is 1. The standard InChI is InChI=1S/C24H24F3N5O4/c1-28-11-12-35-20-8-4-7-18(21(20)24(25,26)27)32-23(34)31-15-5-3-6-16(13-15)36-17-9-10-30-19(14-17)22(33)29-2/h3-10,13-14,28H,11-12H2,1-2H3,(H,29,33)(H2,31,32,34). The summed E-state index contributed by atoms with van der Waals surface area (Å²) in [6.07, 6.45) is -3.35. The molecule has 3 amide bonds. The zero-order valence-corrected chi connectivity index (χ0v) is 19.4. The molecule has 3 aromatic rings. The Bertz CT molecular complexity index is 1220. The number of likely N-dealkylation sites (N-methyl/N-ethyl adjacent to an activating group) is 1. The average Bonchev–Trinajstić information content (AvgIpc) is 2.83. The lowest BCUT2D eigenvalue weighted by atomic mass is 10.1. The molecule has 3 rings (SSSR count). The summed E-state index contributed by atoms with van der Waals surface area (Å²) < 4.78 is 52.2. The zero-order valence-electron chi connectivity index (χ0n) is 19.4. The van der Waals surface area contributed by atoms with Crippen molar-refractivity contribution in [2.75, 3.05) is 37.9 Å². The van der Waals surface area contributed by atoms with Crippen molar-refractivity contribution in [1.29, 1.82) is 0 Å². The van der Waals surface area contributed by atoms with E-state index in [1.807, 2.05) is 0 Å². The van der Waals surface area contributed by atoms with E-state index < -0.39 is 23.5 Å². The van der Waals surface area contributed by atoms with Crippen LogP contribution in [0, 0.1) is 0 Å². The van der Waals surface area contributed by atoms with Gasteiger partial charge in [-0.25, -0.2) is 4.79 Å². The molecule has 0 aliphatic heterocycles. The number of aromatic nitrogens is 1. The number of nitrogens with zero attached hydrogens (tertiary/aromatic N) is 1. The molecule has 9 nitrogen and oxygen atoms in total. The van der Waals surface area contributed by atoms with Gasteiger partial charge < -0.3 is 30.7 Å². The summed E-state index contributed by atoms with van der Waals surface area (Å²) in [4.78, 5) is 28.2. The molecule has 1 aromatic heterocycles. The van der Waals surface area contributed by atoms with Gasteiger partial charge in [-0.1, -0.05) is 12.1 Å². The van der Waals surface area contributed by atoms with Gasteiger partial charge in [0.1, 0.15) is 35.1 Å². The highest BCUT2D eigenvalue weighted by Gasteiger charge is 2.37. The minimum absolute atomic E-state index is 0.0180. The number of hydrogen-bond acceptors (Lipinski definition) is 6. The van der Waals surface area contributed by atoms with Crippen LogP contribution in [0.25, 0.3) is 0 Å². The number of amides is 3. The summed E-state index contributed by atoms with van der Waals surface area (Å²) in [7, 11) is 3.12. The molecule has 12 heteroatoms. The second-order valence-corrected chi connectivity index (χ2v) is 7.29. The smallest absolute Gasteiger partial charge is 0.421 e. The largest absolute Gasteiger partial charge is 0.492 e. The normalized spacial score (nSPS) is 10.9. The Morgan fingerprint density at radius 1 is 0.972 bits per heavy atom. The summed E-state index contributed by atoms with van der Waals surface area (Å²) in [5.41, 5.74) is -1.12. The number of anilines is 2. The summed E-state index contributed by atoms with van der Waals surface area (Å²) in [5.74, 6) is -0.130. The van der Waals surface area contributed by atoms with Crippen LogP contribution in [0.4, 0.5) is 29.3 Å². The van der Waals surface area contributed by atoms with Gasteiger partial charge in [-0.05, 0) is 37.4 Å². The maximum absolute atomic E-state index is 13.7. The Morgan fingerprint density at radius 2 is 1.72 bits per heavy atom. The van der Waals surface area contributed by atoms with E-state index in [1.165, 1.54) is 43.6 Å². The van der Waals surface area contributed by atoms with Crippen LogP contribution in [0.2, 0.25) is 0 Å². The monoisotopic (exact) mass is 503 g/mol. The van der Waals surface area contributed by atoms with E-state index in [9.17, 15) is 22.8 Å². The third-order valence-electron chi connectivity index (χ3n) is 4.69. The molecule has 2 aromatic carbocycles. The molecule has 0 saturated carbocycles. The van der Waals surface area contributed by atoms with Crippen LogP contribution < -0.4 is 30.7 Å². The first-order valence-corrected chi connectivity index (χ1v) is 10.7. The minimum atomic E-state index is -4.76. The van der Waals surface area contributed by atoms with Crippen LogP contribution in [0.1, 0.15) is 16.1 Å². The predicted molar refractivity (Wildman–Crippen MR) is 128 cm³/mol. The number of hydrogen-bond donors (Lipinski definition) is 4. The molecule has 0 aliphatic carbocycles. The fourth-order valence-electron chi connectivity index (χ4n) is 3.10. The van der Waals surface area contributed by atoms with Gasteiger partial charge in [0.25, 0.3) is 5.91 Å². The summed E-state index contributed by atoms with van der Waals surface area (Å²) >= 11 is 0. The first kappa shape index (κ1) is 26.3. The van der Waals surface area contributed by atoms with Gasteiger partial charge in [0.2, 0.25) is 0 Å². The lowest BCUT2D eigenvalue weighted by molar-refractivity contribution is -0.138. The van der Waals surface area contributed by atoms with E-state index in [4.69, 9.17) is 9.47 Å². The van der Waals surface area contributed by atoms with E-state index in [0.717, 1.165) is 6.07 Å². The first-order chi connectivity index (χ1) is 17.2. The second-order valence-electron chi connectivity index (χ2n) is 7.29. The summed E-state index contributed by atoms with van der Waals surface area (Å²) in [6.45, 7) is 0.366. The molecule has 1 heterocycles. The minimum Gasteiger partial charge on any atom is -0.492 e. The number of carbonyl (C=O) groups excluding carboxylic acids is 2. The fraction of sp³-hybridized carbons (Fsp3) is 0.208. The number of pyridine rings is 1. The Morgan fingerprint density at radius 3 is 2.44 bits per heavy atom. The highest BCUT2D eigenvalue weighted by Crippen LogP contribution is 2.41. The van der Waals surface area contributed by atoms with Gasteiger partial charge in [-0.15, -0.1) is 0 Å². The summed E-state index contributed by atoms with van der Waals surface area (Å²) in [5, 5.41) is 9.96. The molecule has 0 atom stereocenters. The predicted octanol–water partition coefficient (Wildman–Crippen LogP) is 4.49. The third kappa shape index (κ3) is 7.09. The molecule has 0 unspecified atom stereocenters. The Labute approximate surface area is 205 Å². The van der Waals surface area contributed by atoms with Crippen molar-refractivity contribution in [3.63, 3.8) is 0 Å². The Hall–Kier alpha value is -4.32. The van der Waals surface area contributed by atoms with Crippen LogP contribution >= 0.6 is 0 Å². The lowest BCUT2D eigenvalue weighted by Gasteiger charge is -2.18. The van der Waals surface area contributed by atoms with E-state index in [1.54, 1.807) is 25.2 Å². The Kier molecular flexibility index (Phi) is 8.68. The van der Waals surface area contributed by atoms with E-state index >= 15 is 0 Å². The van der Waals surface area contributed by atoms with Gasteiger partial charge >= 0.3 is 12.2 Å². The highest BCUT2D eigenvalue weighted by molar-refractivity contribution is 6.00. The van der Waals surface area contributed by atoms with Crippen LogP contribution in [-0.4, -0.2) is 44.2 Å². The first-order valence-electron chi connectivity index (χ1n) is 10.7. The number of carbonyl (C=O) groups is 2. The van der Waals surface area contributed by atoms with Crippen molar-refractivity contribution in [3.05, 3.63) is 72.1 Å². The zero-order chi connectivity index (χ0) is 26.1. The molecule has 0 saturated heterocycles. The van der Waals surface area contributed by atoms with Gasteiger partial charge in [-0.3, -0.25) is 9.78 Å². The van der Waals surface area contributed by atoms with Crippen molar-refractivity contribution < 1.29 is 32.2 Å². The van der Waals surface area contributed by atoms with Crippen LogP contribution in [0.3, 0.4) is 0 Å².